The highest BCUT2D eigenvalue weighted by Gasteiger charge is 2.22. The summed E-state index contributed by atoms with van der Waals surface area (Å²) in [5.74, 6) is -0.486. The third kappa shape index (κ3) is 6.68. The maximum Gasteiger partial charge on any atom is 0.407 e. The molecule has 0 aromatic carbocycles. The topological polar surface area (TPSA) is 127 Å². The highest BCUT2D eigenvalue weighted by Crippen LogP contribution is 2.13. The Bertz CT molecular complexity index is 801. The summed E-state index contributed by atoms with van der Waals surface area (Å²) in [5.41, 5.74) is -0.492. The van der Waals surface area contributed by atoms with Crippen molar-refractivity contribution in [2.75, 3.05) is 32.8 Å². The van der Waals surface area contributed by atoms with E-state index in [1.54, 1.807) is 20.8 Å². The van der Waals surface area contributed by atoms with Gasteiger partial charge in [-0.2, -0.15) is 4.31 Å². The summed E-state index contributed by atoms with van der Waals surface area (Å²) in [5, 5.41) is 4.97. The van der Waals surface area contributed by atoms with Crippen molar-refractivity contribution in [2.45, 2.75) is 32.2 Å². The third-order valence-electron chi connectivity index (χ3n) is 3.61. The van der Waals surface area contributed by atoms with Gasteiger partial charge in [0.25, 0.3) is 5.56 Å². The number of aromatic nitrogens is 1. The standard InChI is InChI=1S/C16H26N4O6S/c1-4-20(5-2)27(24,25)13-7-8-15(22)19(11-13)12-14(21)17-9-10-18-16(23)26-6-3/h7-8,11H,4-6,9-10,12H2,1-3H3,(H,17,21)(H,18,23). The molecule has 0 atom stereocenters. The molecule has 0 unspecified atom stereocenters. The SMILES string of the molecule is CCOC(=O)NCCNC(=O)Cn1cc(S(=O)(=O)N(CC)CC)ccc1=O. The number of ether oxygens (including phenoxy) is 1. The molecule has 1 rings (SSSR count). The number of amides is 2. The molecule has 0 aliphatic heterocycles. The molecule has 0 saturated carbocycles. The van der Waals surface area contributed by atoms with Gasteiger partial charge < -0.3 is 19.9 Å². The average Bonchev–Trinajstić information content (AvgIpc) is 2.61. The molecule has 1 aromatic heterocycles. The largest absolute Gasteiger partial charge is 0.450 e. The first kappa shape index (κ1) is 22.6. The number of hydrogen-bond donors (Lipinski definition) is 2. The summed E-state index contributed by atoms with van der Waals surface area (Å²) in [6, 6.07) is 2.35. The molecular formula is C16H26N4O6S. The van der Waals surface area contributed by atoms with Crippen molar-refractivity contribution in [3.05, 3.63) is 28.7 Å². The number of nitrogens with one attached hydrogen (secondary N) is 2. The zero-order chi connectivity index (χ0) is 20.4. The minimum Gasteiger partial charge on any atom is -0.450 e. The average molecular weight is 402 g/mol. The van der Waals surface area contributed by atoms with Gasteiger partial charge in [0.1, 0.15) is 6.54 Å². The molecule has 11 heteroatoms. The van der Waals surface area contributed by atoms with Crippen molar-refractivity contribution in [2.24, 2.45) is 0 Å². The lowest BCUT2D eigenvalue weighted by Gasteiger charge is -2.19. The van der Waals surface area contributed by atoms with Crippen LogP contribution in [0.2, 0.25) is 0 Å². The van der Waals surface area contributed by atoms with Crippen molar-refractivity contribution >= 4 is 22.0 Å². The maximum atomic E-state index is 12.5. The minimum absolute atomic E-state index is 0.0532. The molecule has 0 aliphatic carbocycles. The van der Waals surface area contributed by atoms with E-state index in [9.17, 15) is 22.8 Å². The lowest BCUT2D eigenvalue weighted by atomic mass is 10.4. The van der Waals surface area contributed by atoms with Crippen LogP contribution < -0.4 is 16.2 Å². The fourth-order valence-corrected chi connectivity index (χ4v) is 3.74. The van der Waals surface area contributed by atoms with E-state index in [4.69, 9.17) is 0 Å². The lowest BCUT2D eigenvalue weighted by molar-refractivity contribution is -0.121. The summed E-state index contributed by atoms with van der Waals surface area (Å²) in [7, 11) is -3.73. The van der Waals surface area contributed by atoms with E-state index in [1.165, 1.54) is 10.4 Å². The number of sulfonamides is 1. The molecule has 0 fully saturated rings. The van der Waals surface area contributed by atoms with Crippen LogP contribution in [-0.4, -0.2) is 62.1 Å². The van der Waals surface area contributed by atoms with E-state index in [2.05, 4.69) is 15.4 Å². The Hall–Kier alpha value is -2.40. The van der Waals surface area contributed by atoms with E-state index in [0.717, 1.165) is 16.8 Å². The monoisotopic (exact) mass is 402 g/mol. The molecule has 27 heavy (non-hydrogen) atoms. The Balaban J connectivity index is 2.74. The predicted molar refractivity (Wildman–Crippen MR) is 98.8 cm³/mol. The van der Waals surface area contributed by atoms with E-state index in [1.807, 2.05) is 0 Å². The number of hydrogen-bond acceptors (Lipinski definition) is 6. The number of carbonyl (C=O) groups is 2. The summed E-state index contributed by atoms with van der Waals surface area (Å²) in [6.07, 6.45) is 0.573. The van der Waals surface area contributed by atoms with Crippen molar-refractivity contribution in [3.8, 4) is 0 Å². The third-order valence-corrected chi connectivity index (χ3v) is 5.64. The molecule has 152 valence electrons. The van der Waals surface area contributed by atoms with Crippen LogP contribution in [0, 0.1) is 0 Å². The van der Waals surface area contributed by atoms with Gasteiger partial charge in [-0.15, -0.1) is 0 Å². The minimum atomic E-state index is -3.73. The zero-order valence-electron chi connectivity index (χ0n) is 15.7. The predicted octanol–water partition coefficient (Wildman–Crippen LogP) is -0.259. The van der Waals surface area contributed by atoms with Gasteiger partial charge in [-0.25, -0.2) is 13.2 Å². The molecule has 0 saturated heterocycles. The normalized spacial score (nSPS) is 11.3. The Kier molecular flexibility index (Phi) is 8.95. The van der Waals surface area contributed by atoms with Gasteiger partial charge >= 0.3 is 6.09 Å². The highest BCUT2D eigenvalue weighted by atomic mass is 32.2. The van der Waals surface area contributed by atoms with Crippen LogP contribution in [0.4, 0.5) is 4.79 Å². The first-order valence-electron chi connectivity index (χ1n) is 8.64. The van der Waals surface area contributed by atoms with Gasteiger partial charge in [-0.3, -0.25) is 9.59 Å². The van der Waals surface area contributed by atoms with Crippen LogP contribution in [0.25, 0.3) is 0 Å². The summed E-state index contributed by atoms with van der Waals surface area (Å²) >= 11 is 0. The van der Waals surface area contributed by atoms with Crippen LogP contribution in [-0.2, 0) is 26.1 Å². The second-order valence-corrected chi connectivity index (χ2v) is 7.36. The van der Waals surface area contributed by atoms with Crippen molar-refractivity contribution in [1.29, 1.82) is 0 Å². The molecule has 2 N–H and O–H groups in total. The van der Waals surface area contributed by atoms with Crippen LogP contribution in [0.1, 0.15) is 20.8 Å². The first-order chi connectivity index (χ1) is 12.8. The molecule has 0 aliphatic rings. The van der Waals surface area contributed by atoms with Crippen LogP contribution in [0.3, 0.4) is 0 Å². The molecule has 2 amide bonds. The molecular weight excluding hydrogens is 376 g/mol. The summed E-state index contributed by atoms with van der Waals surface area (Å²) in [6.45, 7) is 5.92. The van der Waals surface area contributed by atoms with Gasteiger partial charge in [-0.1, -0.05) is 13.8 Å². The van der Waals surface area contributed by atoms with Crippen LogP contribution >= 0.6 is 0 Å². The van der Waals surface area contributed by atoms with Gasteiger partial charge in [0.15, 0.2) is 0 Å². The van der Waals surface area contributed by atoms with Gasteiger partial charge in [0.2, 0.25) is 15.9 Å². The van der Waals surface area contributed by atoms with Crippen molar-refractivity contribution < 1.29 is 22.7 Å². The molecule has 0 bridgehead atoms. The number of carbonyl (C=O) groups excluding carboxylic acids is 2. The molecule has 10 nitrogen and oxygen atoms in total. The van der Waals surface area contributed by atoms with Crippen molar-refractivity contribution in [1.82, 2.24) is 19.5 Å². The first-order valence-corrected chi connectivity index (χ1v) is 10.1. The fourth-order valence-electron chi connectivity index (χ4n) is 2.26. The second-order valence-electron chi connectivity index (χ2n) is 5.42. The smallest absolute Gasteiger partial charge is 0.407 e. The Morgan fingerprint density at radius 3 is 2.33 bits per heavy atom. The van der Waals surface area contributed by atoms with Crippen molar-refractivity contribution in [3.63, 3.8) is 0 Å². The number of rotatable bonds is 10. The maximum absolute atomic E-state index is 12.5. The molecule has 0 spiro atoms. The molecule has 0 radical (unpaired) electrons. The van der Waals surface area contributed by atoms with Crippen LogP contribution in [0.15, 0.2) is 28.0 Å². The summed E-state index contributed by atoms with van der Waals surface area (Å²) < 4.78 is 32.0. The number of pyridine rings is 1. The van der Waals surface area contributed by atoms with Gasteiger partial charge in [-0.05, 0) is 13.0 Å². The van der Waals surface area contributed by atoms with Crippen LogP contribution in [0.5, 0.6) is 0 Å². The summed E-state index contributed by atoms with van der Waals surface area (Å²) in [4.78, 5) is 35.0. The molecule has 1 aromatic rings. The Labute approximate surface area is 158 Å². The van der Waals surface area contributed by atoms with Gasteiger partial charge in [0, 0.05) is 38.4 Å². The second kappa shape index (κ2) is 10.7. The fraction of sp³-hybridized carbons (Fsp3) is 0.562. The lowest BCUT2D eigenvalue weighted by Crippen LogP contribution is -2.38. The Morgan fingerprint density at radius 1 is 1.11 bits per heavy atom. The van der Waals surface area contributed by atoms with Gasteiger partial charge in [0.05, 0.1) is 11.5 Å². The number of alkyl carbamates (subject to hydrolysis) is 1. The van der Waals surface area contributed by atoms with E-state index in [0.29, 0.717) is 13.1 Å². The zero-order valence-corrected chi connectivity index (χ0v) is 16.5. The molecule has 1 heterocycles. The van der Waals surface area contributed by atoms with E-state index in [-0.39, 0.29) is 31.1 Å². The highest BCUT2D eigenvalue weighted by molar-refractivity contribution is 7.89. The Morgan fingerprint density at radius 2 is 1.74 bits per heavy atom. The van der Waals surface area contributed by atoms with E-state index < -0.39 is 27.6 Å². The quantitative estimate of drug-likeness (QED) is 0.519. The van der Waals surface area contributed by atoms with E-state index >= 15 is 0 Å². The number of nitrogens with zero attached hydrogens (tertiary/aromatic N) is 2.